The molecule has 4 rings (SSSR count). The van der Waals surface area contributed by atoms with Crippen LogP contribution >= 0.6 is 11.3 Å². The third kappa shape index (κ3) is 6.64. The number of esters is 1. The molecule has 190 valence electrons. The Kier molecular flexibility index (Phi) is 8.27. The van der Waals surface area contributed by atoms with Gasteiger partial charge in [-0.2, -0.15) is 0 Å². The minimum atomic E-state index is -0.397. The minimum absolute atomic E-state index is 0.149. The lowest BCUT2D eigenvalue weighted by atomic mass is 10.1. The maximum absolute atomic E-state index is 12.6. The van der Waals surface area contributed by atoms with Crippen LogP contribution in [0, 0.1) is 19.8 Å². The summed E-state index contributed by atoms with van der Waals surface area (Å²) in [6.45, 7) is 11.2. The van der Waals surface area contributed by atoms with Gasteiger partial charge in [0.05, 0.1) is 24.5 Å². The summed E-state index contributed by atoms with van der Waals surface area (Å²) in [5.74, 6) is 1.35. The number of nitrogens with one attached hydrogen (secondary N) is 1. The second-order valence-corrected chi connectivity index (χ2v) is 10.3. The highest BCUT2D eigenvalue weighted by Gasteiger charge is 2.22. The number of rotatable bonds is 8. The molecule has 2 aromatic heterocycles. The van der Waals surface area contributed by atoms with E-state index >= 15 is 0 Å². The van der Waals surface area contributed by atoms with Crippen molar-refractivity contribution in [2.75, 3.05) is 49.5 Å². The SMILES string of the molecule is Cc1nc(-c2ccccc2)cc(N2CCN(CC(=O)Nc3nc(C)c(C(=O)OCC(C)C)s3)CC2)n1. The Morgan fingerprint density at radius 1 is 1.06 bits per heavy atom. The van der Waals surface area contributed by atoms with Crippen molar-refractivity contribution in [3.8, 4) is 11.3 Å². The minimum Gasteiger partial charge on any atom is -0.461 e. The van der Waals surface area contributed by atoms with Crippen LogP contribution < -0.4 is 10.2 Å². The molecule has 0 atom stereocenters. The van der Waals surface area contributed by atoms with Crippen LogP contribution in [-0.4, -0.2) is 71.1 Å². The summed E-state index contributed by atoms with van der Waals surface area (Å²) < 4.78 is 5.29. The number of thiazole rings is 1. The van der Waals surface area contributed by atoms with Gasteiger partial charge in [-0.15, -0.1) is 0 Å². The van der Waals surface area contributed by atoms with Crippen molar-refractivity contribution in [2.24, 2.45) is 5.92 Å². The van der Waals surface area contributed by atoms with Gasteiger partial charge in [0.15, 0.2) is 5.13 Å². The van der Waals surface area contributed by atoms with Gasteiger partial charge in [-0.3, -0.25) is 9.69 Å². The Bertz CT molecular complexity index is 1210. The summed E-state index contributed by atoms with van der Waals surface area (Å²) >= 11 is 1.15. The van der Waals surface area contributed by atoms with Crippen LogP contribution in [0.4, 0.5) is 10.9 Å². The monoisotopic (exact) mass is 508 g/mol. The van der Waals surface area contributed by atoms with Crippen LogP contribution in [0.25, 0.3) is 11.3 Å². The van der Waals surface area contributed by atoms with E-state index in [4.69, 9.17) is 4.74 Å². The molecule has 1 fully saturated rings. The van der Waals surface area contributed by atoms with Gasteiger partial charge in [-0.25, -0.2) is 19.7 Å². The van der Waals surface area contributed by atoms with Crippen LogP contribution in [-0.2, 0) is 9.53 Å². The number of hydrogen-bond acceptors (Lipinski definition) is 9. The highest BCUT2D eigenvalue weighted by atomic mass is 32.1. The van der Waals surface area contributed by atoms with Gasteiger partial charge in [-0.1, -0.05) is 55.5 Å². The summed E-state index contributed by atoms with van der Waals surface area (Å²) in [5.41, 5.74) is 2.53. The Hall–Kier alpha value is -3.37. The zero-order valence-electron chi connectivity index (χ0n) is 21.2. The van der Waals surface area contributed by atoms with E-state index in [0.717, 1.165) is 60.4 Å². The fourth-order valence-electron chi connectivity index (χ4n) is 3.91. The van der Waals surface area contributed by atoms with Crippen molar-refractivity contribution in [1.29, 1.82) is 0 Å². The average Bonchev–Trinajstić information content (AvgIpc) is 3.22. The molecule has 1 N–H and O–H groups in total. The van der Waals surface area contributed by atoms with Crippen LogP contribution in [0.2, 0.25) is 0 Å². The first-order valence-electron chi connectivity index (χ1n) is 12.1. The average molecular weight is 509 g/mol. The predicted octanol–water partition coefficient (Wildman–Crippen LogP) is 3.79. The first-order chi connectivity index (χ1) is 17.3. The Morgan fingerprint density at radius 2 is 1.78 bits per heavy atom. The van der Waals surface area contributed by atoms with Gasteiger partial charge in [0, 0.05) is 37.8 Å². The fraction of sp³-hybridized carbons (Fsp3) is 0.423. The third-order valence-electron chi connectivity index (χ3n) is 5.73. The first-order valence-corrected chi connectivity index (χ1v) is 12.9. The smallest absolute Gasteiger partial charge is 0.350 e. The van der Waals surface area contributed by atoms with E-state index in [1.807, 2.05) is 57.2 Å². The second kappa shape index (κ2) is 11.6. The fourth-order valence-corrected chi connectivity index (χ4v) is 4.79. The van der Waals surface area contributed by atoms with E-state index in [1.165, 1.54) is 0 Å². The molecule has 1 aliphatic rings. The summed E-state index contributed by atoms with van der Waals surface area (Å²) in [6.07, 6.45) is 0. The van der Waals surface area contributed by atoms with Crippen LogP contribution in [0.15, 0.2) is 36.4 Å². The molecule has 1 amide bonds. The van der Waals surface area contributed by atoms with Gasteiger partial charge in [0.25, 0.3) is 0 Å². The number of ether oxygens (including phenoxy) is 1. The summed E-state index contributed by atoms with van der Waals surface area (Å²) in [6, 6.07) is 12.1. The molecule has 0 bridgehead atoms. The lowest BCUT2D eigenvalue weighted by Crippen LogP contribution is -2.49. The molecule has 1 aromatic carbocycles. The normalized spacial score (nSPS) is 14.2. The van der Waals surface area contributed by atoms with Gasteiger partial charge in [-0.05, 0) is 19.8 Å². The Balaban J connectivity index is 1.30. The van der Waals surface area contributed by atoms with Crippen molar-refractivity contribution < 1.29 is 14.3 Å². The molecule has 3 heterocycles. The number of piperazine rings is 1. The third-order valence-corrected chi connectivity index (χ3v) is 6.79. The number of anilines is 2. The van der Waals surface area contributed by atoms with Crippen molar-refractivity contribution in [3.63, 3.8) is 0 Å². The van der Waals surface area contributed by atoms with Crippen LogP contribution in [0.3, 0.4) is 0 Å². The van der Waals surface area contributed by atoms with E-state index in [-0.39, 0.29) is 18.4 Å². The van der Waals surface area contributed by atoms with Crippen molar-refractivity contribution >= 4 is 34.2 Å². The molecule has 3 aromatic rings. The molecule has 36 heavy (non-hydrogen) atoms. The van der Waals surface area contributed by atoms with E-state index in [0.29, 0.717) is 22.3 Å². The number of aromatic nitrogens is 3. The first kappa shape index (κ1) is 25.7. The van der Waals surface area contributed by atoms with Gasteiger partial charge >= 0.3 is 5.97 Å². The number of benzene rings is 1. The van der Waals surface area contributed by atoms with E-state index in [1.54, 1.807) is 6.92 Å². The summed E-state index contributed by atoms with van der Waals surface area (Å²) in [5, 5.41) is 3.25. The number of aryl methyl sites for hydroxylation is 2. The van der Waals surface area contributed by atoms with Crippen molar-refractivity contribution in [2.45, 2.75) is 27.7 Å². The number of hydrogen-bond donors (Lipinski definition) is 1. The number of nitrogens with zero attached hydrogens (tertiary/aromatic N) is 5. The summed E-state index contributed by atoms with van der Waals surface area (Å²) in [4.78, 5) is 43.3. The van der Waals surface area contributed by atoms with Gasteiger partial charge in [0.1, 0.15) is 16.5 Å². The Morgan fingerprint density at radius 3 is 2.47 bits per heavy atom. The molecule has 0 aliphatic carbocycles. The molecule has 1 aliphatic heterocycles. The van der Waals surface area contributed by atoms with Crippen LogP contribution in [0.5, 0.6) is 0 Å². The largest absolute Gasteiger partial charge is 0.461 e. The van der Waals surface area contributed by atoms with Crippen molar-refractivity contribution in [3.05, 3.63) is 52.8 Å². The van der Waals surface area contributed by atoms with Crippen molar-refractivity contribution in [1.82, 2.24) is 19.9 Å². The molecule has 0 radical (unpaired) electrons. The second-order valence-electron chi connectivity index (χ2n) is 9.26. The lowest BCUT2D eigenvalue weighted by molar-refractivity contribution is -0.117. The maximum atomic E-state index is 12.6. The zero-order valence-corrected chi connectivity index (χ0v) is 22.0. The Labute approximate surface area is 215 Å². The molecular formula is C26H32N6O3S. The maximum Gasteiger partial charge on any atom is 0.350 e. The predicted molar refractivity (Wildman–Crippen MR) is 141 cm³/mol. The topological polar surface area (TPSA) is 101 Å². The molecule has 10 heteroatoms. The van der Waals surface area contributed by atoms with Crippen LogP contribution in [0.1, 0.15) is 35.0 Å². The van der Waals surface area contributed by atoms with E-state index in [9.17, 15) is 9.59 Å². The standard InChI is InChI=1S/C26H32N6O3S/c1-17(2)16-35-25(34)24-18(3)27-26(36-24)30-23(33)15-31-10-12-32(13-11-31)22-14-21(28-19(4)29-22)20-8-6-5-7-9-20/h5-9,14,17H,10-13,15-16H2,1-4H3,(H,27,30,33). The van der Waals surface area contributed by atoms with E-state index < -0.39 is 5.97 Å². The molecule has 9 nitrogen and oxygen atoms in total. The molecular weight excluding hydrogens is 476 g/mol. The highest BCUT2D eigenvalue weighted by molar-refractivity contribution is 7.17. The molecule has 0 saturated carbocycles. The van der Waals surface area contributed by atoms with Gasteiger partial charge < -0.3 is 15.0 Å². The van der Waals surface area contributed by atoms with E-state index in [2.05, 4.69) is 30.1 Å². The zero-order chi connectivity index (χ0) is 25.7. The number of carbonyl (C=O) groups excluding carboxylic acids is 2. The molecule has 1 saturated heterocycles. The highest BCUT2D eigenvalue weighted by Crippen LogP contribution is 2.24. The molecule has 0 unspecified atom stereocenters. The quantitative estimate of drug-likeness (QED) is 0.459. The van der Waals surface area contributed by atoms with Gasteiger partial charge in [0.2, 0.25) is 5.91 Å². The number of carbonyl (C=O) groups is 2. The molecule has 0 spiro atoms. The number of amides is 1. The summed E-state index contributed by atoms with van der Waals surface area (Å²) in [7, 11) is 0. The lowest BCUT2D eigenvalue weighted by Gasteiger charge is -2.35.